The molecule has 0 aliphatic heterocycles. The van der Waals surface area contributed by atoms with E-state index in [1.54, 1.807) is 0 Å². The number of halogens is 3. The maximum atomic E-state index is 13.6. The molecule has 0 saturated heterocycles. The van der Waals surface area contributed by atoms with Gasteiger partial charge in [-0.05, 0) is 19.1 Å². The van der Waals surface area contributed by atoms with Gasteiger partial charge in [-0.2, -0.15) is 0 Å². The van der Waals surface area contributed by atoms with Crippen molar-refractivity contribution in [3.05, 3.63) is 46.9 Å². The molecule has 0 saturated carbocycles. The Bertz CT molecular complexity index is 597. The van der Waals surface area contributed by atoms with E-state index in [1.165, 1.54) is 25.9 Å². The number of Topliss-reactive ketones (excluding diaryl/α,β-unsaturated/α-hetero) is 1. The quantitative estimate of drug-likeness (QED) is 0.209. The van der Waals surface area contributed by atoms with Crippen molar-refractivity contribution in [1.82, 2.24) is 4.90 Å². The van der Waals surface area contributed by atoms with Crippen LogP contribution >= 0.6 is 0 Å². The fraction of sp³-hybridized carbons (Fsp3) is 0.286. The van der Waals surface area contributed by atoms with Gasteiger partial charge in [0.2, 0.25) is 5.78 Å². The summed E-state index contributed by atoms with van der Waals surface area (Å²) in [4.78, 5) is 25.3. The van der Waals surface area contributed by atoms with Crippen molar-refractivity contribution < 1.29 is 27.5 Å². The summed E-state index contributed by atoms with van der Waals surface area (Å²) in [5.74, 6) is -6.89. The molecule has 1 aromatic rings. The van der Waals surface area contributed by atoms with Gasteiger partial charge in [-0.25, -0.2) is 18.0 Å². The molecule has 0 N–H and O–H groups in total. The minimum atomic E-state index is -1.77. The minimum absolute atomic E-state index is 0.0111. The summed E-state index contributed by atoms with van der Waals surface area (Å²) in [7, 11) is 3.07. The molecule has 0 aliphatic rings. The van der Waals surface area contributed by atoms with Crippen LogP contribution in [0, 0.1) is 17.5 Å². The fourth-order valence-corrected chi connectivity index (χ4v) is 1.52. The molecule has 1 rings (SSSR count). The maximum Gasteiger partial charge on any atom is 0.343 e. The number of ether oxygens (including phenoxy) is 1. The van der Waals surface area contributed by atoms with Crippen LogP contribution in [0.5, 0.6) is 0 Å². The van der Waals surface area contributed by atoms with Gasteiger partial charge in [-0.15, -0.1) is 0 Å². The van der Waals surface area contributed by atoms with E-state index in [4.69, 9.17) is 4.74 Å². The van der Waals surface area contributed by atoms with Gasteiger partial charge in [0.25, 0.3) is 0 Å². The third-order valence-electron chi connectivity index (χ3n) is 2.41. The highest BCUT2D eigenvalue weighted by atomic mass is 19.2. The first kappa shape index (κ1) is 16.7. The Morgan fingerprint density at radius 2 is 1.81 bits per heavy atom. The lowest BCUT2D eigenvalue weighted by Crippen LogP contribution is -2.20. The van der Waals surface area contributed by atoms with Crippen LogP contribution < -0.4 is 0 Å². The maximum absolute atomic E-state index is 13.6. The lowest BCUT2D eigenvalue weighted by atomic mass is 10.0. The summed E-state index contributed by atoms with van der Waals surface area (Å²) in [5, 5.41) is 0. The largest absolute Gasteiger partial charge is 0.462 e. The van der Waals surface area contributed by atoms with E-state index in [-0.39, 0.29) is 6.61 Å². The molecule has 0 unspecified atom stereocenters. The molecular weight excluding hydrogens is 287 g/mol. The van der Waals surface area contributed by atoms with E-state index in [0.717, 1.165) is 12.3 Å². The SMILES string of the molecule is CCOC(=O)/C(=C\N(C)C)C(=O)c1ccc(F)c(F)c1F. The molecule has 7 heteroatoms. The van der Waals surface area contributed by atoms with Gasteiger partial charge in [0.1, 0.15) is 5.57 Å². The average Bonchev–Trinajstić information content (AvgIpc) is 2.41. The number of carbonyl (C=O) groups excluding carboxylic acids is 2. The first-order valence-electron chi connectivity index (χ1n) is 6.03. The zero-order chi connectivity index (χ0) is 16.2. The first-order valence-corrected chi connectivity index (χ1v) is 6.03. The lowest BCUT2D eigenvalue weighted by molar-refractivity contribution is -0.138. The summed E-state index contributed by atoms with van der Waals surface area (Å²) in [6.07, 6.45) is 1.13. The van der Waals surface area contributed by atoms with Crippen molar-refractivity contribution in [2.24, 2.45) is 0 Å². The third kappa shape index (κ3) is 3.84. The number of esters is 1. The summed E-state index contributed by atoms with van der Waals surface area (Å²) >= 11 is 0. The Kier molecular flexibility index (Phi) is 5.52. The summed E-state index contributed by atoms with van der Waals surface area (Å²) in [6.45, 7) is 1.55. The van der Waals surface area contributed by atoms with Crippen LogP contribution in [-0.2, 0) is 9.53 Å². The van der Waals surface area contributed by atoms with Crippen LogP contribution in [-0.4, -0.2) is 37.4 Å². The topological polar surface area (TPSA) is 46.6 Å². The number of nitrogens with zero attached hydrogens (tertiary/aromatic N) is 1. The highest BCUT2D eigenvalue weighted by Gasteiger charge is 2.26. The Morgan fingerprint density at radius 1 is 1.19 bits per heavy atom. The summed E-state index contributed by atoms with van der Waals surface area (Å²) in [6, 6.07) is 1.39. The van der Waals surface area contributed by atoms with E-state index in [9.17, 15) is 22.8 Å². The van der Waals surface area contributed by atoms with Gasteiger partial charge in [0, 0.05) is 20.3 Å². The minimum Gasteiger partial charge on any atom is -0.462 e. The van der Waals surface area contributed by atoms with Crippen LogP contribution in [0.1, 0.15) is 17.3 Å². The number of hydrogen-bond acceptors (Lipinski definition) is 4. The zero-order valence-corrected chi connectivity index (χ0v) is 11.7. The second-order valence-electron chi connectivity index (χ2n) is 4.28. The molecule has 0 fully saturated rings. The van der Waals surface area contributed by atoms with Gasteiger partial charge in [-0.3, -0.25) is 4.79 Å². The Labute approximate surface area is 119 Å². The Morgan fingerprint density at radius 3 is 2.33 bits per heavy atom. The van der Waals surface area contributed by atoms with E-state index >= 15 is 0 Å². The third-order valence-corrected chi connectivity index (χ3v) is 2.41. The molecule has 0 heterocycles. The number of ketones is 1. The van der Waals surface area contributed by atoms with Crippen LogP contribution in [0.25, 0.3) is 0 Å². The molecule has 0 amide bonds. The molecule has 1 aromatic carbocycles. The standard InChI is InChI=1S/C14H14F3NO3/c1-4-21-14(20)9(7-18(2)3)13(19)8-5-6-10(15)12(17)11(8)16/h5-7H,4H2,1-3H3/b9-7-. The van der Waals surface area contributed by atoms with Crippen molar-refractivity contribution in [3.63, 3.8) is 0 Å². The summed E-state index contributed by atoms with van der Waals surface area (Å²) in [5.41, 5.74) is -1.22. The highest BCUT2D eigenvalue weighted by Crippen LogP contribution is 2.19. The van der Waals surface area contributed by atoms with Crippen molar-refractivity contribution in [2.75, 3.05) is 20.7 Å². The van der Waals surface area contributed by atoms with Crippen LogP contribution in [0.2, 0.25) is 0 Å². The van der Waals surface area contributed by atoms with Gasteiger partial charge in [0.05, 0.1) is 12.2 Å². The van der Waals surface area contributed by atoms with Gasteiger partial charge in [-0.1, -0.05) is 0 Å². The molecule has 0 radical (unpaired) electrons. The normalized spacial score (nSPS) is 11.2. The number of benzene rings is 1. The molecule has 114 valence electrons. The highest BCUT2D eigenvalue weighted by molar-refractivity contribution is 6.24. The fourth-order valence-electron chi connectivity index (χ4n) is 1.52. The second kappa shape index (κ2) is 6.92. The van der Waals surface area contributed by atoms with Crippen molar-refractivity contribution in [3.8, 4) is 0 Å². The molecule has 0 atom stereocenters. The molecule has 4 nitrogen and oxygen atoms in total. The van der Waals surface area contributed by atoms with Crippen molar-refractivity contribution >= 4 is 11.8 Å². The number of hydrogen-bond donors (Lipinski definition) is 0. The van der Waals surface area contributed by atoms with E-state index in [0.29, 0.717) is 6.07 Å². The molecule has 21 heavy (non-hydrogen) atoms. The van der Waals surface area contributed by atoms with Crippen molar-refractivity contribution in [1.29, 1.82) is 0 Å². The number of rotatable bonds is 5. The van der Waals surface area contributed by atoms with Gasteiger partial charge >= 0.3 is 5.97 Å². The van der Waals surface area contributed by atoms with Crippen LogP contribution in [0.4, 0.5) is 13.2 Å². The Hall–Kier alpha value is -2.31. The van der Waals surface area contributed by atoms with Crippen LogP contribution in [0.15, 0.2) is 23.9 Å². The van der Waals surface area contributed by atoms with Crippen molar-refractivity contribution in [2.45, 2.75) is 6.92 Å². The van der Waals surface area contributed by atoms with Gasteiger partial charge in [0.15, 0.2) is 17.5 Å². The van der Waals surface area contributed by atoms with Crippen LogP contribution in [0.3, 0.4) is 0 Å². The molecule has 0 spiro atoms. The predicted molar refractivity (Wildman–Crippen MR) is 69.0 cm³/mol. The molecular formula is C14H14F3NO3. The van der Waals surface area contributed by atoms with E-state index in [2.05, 4.69) is 0 Å². The first-order chi connectivity index (χ1) is 9.79. The molecule has 0 aliphatic carbocycles. The molecule has 0 bridgehead atoms. The van der Waals surface area contributed by atoms with E-state index < -0.39 is 40.3 Å². The smallest absolute Gasteiger partial charge is 0.343 e. The zero-order valence-electron chi connectivity index (χ0n) is 11.7. The van der Waals surface area contributed by atoms with E-state index in [1.807, 2.05) is 0 Å². The monoisotopic (exact) mass is 301 g/mol. The second-order valence-corrected chi connectivity index (χ2v) is 4.28. The van der Waals surface area contributed by atoms with Gasteiger partial charge < -0.3 is 9.64 Å². The Balaban J connectivity index is 3.30. The summed E-state index contributed by atoms with van der Waals surface area (Å²) < 4.78 is 44.4. The average molecular weight is 301 g/mol. The molecule has 0 aromatic heterocycles. The predicted octanol–water partition coefficient (Wildman–Crippen LogP) is 2.30. The lowest BCUT2D eigenvalue weighted by Gasteiger charge is -2.11. The number of carbonyl (C=O) groups is 2.